The monoisotopic (exact) mass is 582 g/mol. The number of rotatable bonds is 5. The molecule has 1 heterocycles. The molecule has 42 heavy (non-hydrogen) atoms. The number of ketones is 3. The molecular weight excluding hydrogens is 556 g/mol. The van der Waals surface area contributed by atoms with Crippen LogP contribution in [0, 0.1) is 6.92 Å². The summed E-state index contributed by atoms with van der Waals surface area (Å²) in [5, 5.41) is 83.4. The lowest BCUT2D eigenvalue weighted by atomic mass is 9.77. The van der Waals surface area contributed by atoms with E-state index in [2.05, 4.69) is 0 Å². The first-order valence-electron chi connectivity index (χ1n) is 12.6. The molecule has 3 aromatic carbocycles. The molecule has 220 valence electrons. The molecule has 5 rings (SSSR count). The molecule has 1 aliphatic carbocycles. The zero-order chi connectivity index (χ0) is 30.8. The van der Waals surface area contributed by atoms with Crippen molar-refractivity contribution in [3.8, 4) is 39.9 Å². The third-order valence-corrected chi connectivity index (χ3v) is 7.41. The molecule has 1 fully saturated rings. The molecule has 1 saturated heterocycles. The first-order valence-corrected chi connectivity index (χ1v) is 12.6. The van der Waals surface area contributed by atoms with Crippen molar-refractivity contribution in [3.63, 3.8) is 0 Å². The summed E-state index contributed by atoms with van der Waals surface area (Å²) in [5.41, 5.74) is -2.47. The number of hydrogen-bond acceptors (Lipinski definition) is 13. The highest BCUT2D eigenvalue weighted by Crippen LogP contribution is 2.50. The molecule has 5 atom stereocenters. The van der Waals surface area contributed by atoms with Gasteiger partial charge in [0, 0.05) is 22.8 Å². The number of carbonyl (C=O) groups is 3. The van der Waals surface area contributed by atoms with E-state index in [-0.39, 0.29) is 22.3 Å². The van der Waals surface area contributed by atoms with Crippen LogP contribution < -0.4 is 4.74 Å². The van der Waals surface area contributed by atoms with Crippen LogP contribution in [0.4, 0.5) is 0 Å². The fourth-order valence-electron chi connectivity index (χ4n) is 5.41. The first kappa shape index (κ1) is 29.0. The molecule has 3 aromatic rings. The number of hydrogen-bond donors (Lipinski definition) is 8. The minimum atomic E-state index is -1.88. The van der Waals surface area contributed by atoms with E-state index >= 15 is 0 Å². The Morgan fingerprint density at radius 2 is 1.50 bits per heavy atom. The summed E-state index contributed by atoms with van der Waals surface area (Å²) in [6.07, 6.45) is -8.52. The predicted molar refractivity (Wildman–Crippen MR) is 141 cm³/mol. The highest BCUT2D eigenvalue weighted by molar-refractivity contribution is 6.32. The molecule has 0 radical (unpaired) electrons. The summed E-state index contributed by atoms with van der Waals surface area (Å²) in [7, 11) is 0. The Morgan fingerprint density at radius 3 is 2.14 bits per heavy atom. The van der Waals surface area contributed by atoms with Gasteiger partial charge < -0.3 is 50.3 Å². The number of aliphatic hydroxyl groups excluding tert-OH is 4. The predicted octanol–water partition coefficient (Wildman–Crippen LogP) is 0.641. The van der Waals surface area contributed by atoms with Crippen LogP contribution in [0.3, 0.4) is 0 Å². The topological polar surface area (TPSA) is 232 Å². The number of aromatic hydroxyl groups is 4. The number of fused-ring (bicyclic) bond motifs is 2. The molecule has 0 unspecified atom stereocenters. The van der Waals surface area contributed by atoms with Gasteiger partial charge in [-0.2, -0.15) is 0 Å². The summed E-state index contributed by atoms with van der Waals surface area (Å²) < 4.78 is 10.8. The maximum absolute atomic E-state index is 13.7. The summed E-state index contributed by atoms with van der Waals surface area (Å²) in [6, 6.07) is 5.83. The number of phenolic OH excluding ortho intramolecular Hbond substituents is 4. The van der Waals surface area contributed by atoms with Crippen molar-refractivity contribution in [2.75, 3.05) is 6.61 Å². The van der Waals surface area contributed by atoms with Crippen molar-refractivity contribution >= 4 is 17.3 Å². The lowest BCUT2D eigenvalue weighted by Gasteiger charge is -2.39. The molecule has 1 aliphatic heterocycles. The number of aliphatic hydroxyl groups is 4. The lowest BCUT2D eigenvalue weighted by Crippen LogP contribution is -2.60. The van der Waals surface area contributed by atoms with Gasteiger partial charge in [-0.15, -0.1) is 0 Å². The molecule has 0 spiro atoms. The number of carbonyl (C=O) groups excluding carboxylic acids is 3. The van der Waals surface area contributed by atoms with E-state index in [4.69, 9.17) is 9.47 Å². The summed E-state index contributed by atoms with van der Waals surface area (Å²) in [4.78, 5) is 39.8. The van der Waals surface area contributed by atoms with Crippen molar-refractivity contribution in [2.24, 2.45) is 0 Å². The van der Waals surface area contributed by atoms with Gasteiger partial charge in [0.2, 0.25) is 12.1 Å². The van der Waals surface area contributed by atoms with E-state index in [1.165, 1.54) is 25.1 Å². The van der Waals surface area contributed by atoms with Crippen LogP contribution in [-0.2, 0) is 4.74 Å². The number of benzene rings is 3. The SMILES string of the molecule is CC(=O)c1c(O[C@@H]2O[C@H](CO)[C@@H](O)[C@H](O)[C@@H]2O)cc(O)c(-c2c(C)cc(O)c3c2C(=O)c2cccc(O)c2C3=O)c1O. The number of aryl methyl sites for hydroxylation is 1. The van der Waals surface area contributed by atoms with Crippen LogP contribution in [0.25, 0.3) is 11.1 Å². The van der Waals surface area contributed by atoms with Gasteiger partial charge in [0.25, 0.3) is 0 Å². The van der Waals surface area contributed by atoms with E-state index in [0.717, 1.165) is 19.1 Å². The molecule has 0 bridgehead atoms. The van der Waals surface area contributed by atoms with E-state index in [9.17, 15) is 55.2 Å². The number of phenols is 4. The van der Waals surface area contributed by atoms with Crippen LogP contribution in [0.1, 0.15) is 54.7 Å². The lowest BCUT2D eigenvalue weighted by molar-refractivity contribution is -0.277. The molecule has 13 nitrogen and oxygen atoms in total. The molecular formula is C29H26O13. The molecule has 8 N–H and O–H groups in total. The Balaban J connectivity index is 1.71. The minimum Gasteiger partial charge on any atom is -0.507 e. The molecule has 0 saturated carbocycles. The Hall–Kier alpha value is -4.53. The zero-order valence-electron chi connectivity index (χ0n) is 22.1. The average molecular weight is 583 g/mol. The maximum Gasteiger partial charge on any atom is 0.229 e. The van der Waals surface area contributed by atoms with Crippen molar-refractivity contribution in [2.45, 2.75) is 44.6 Å². The van der Waals surface area contributed by atoms with Crippen molar-refractivity contribution in [1.29, 1.82) is 0 Å². The zero-order valence-corrected chi connectivity index (χ0v) is 22.1. The summed E-state index contributed by atoms with van der Waals surface area (Å²) in [5.74, 6) is -5.75. The highest BCUT2D eigenvalue weighted by atomic mass is 16.7. The van der Waals surface area contributed by atoms with Gasteiger partial charge in [-0.05, 0) is 31.5 Å². The summed E-state index contributed by atoms with van der Waals surface area (Å²) in [6.45, 7) is 1.71. The van der Waals surface area contributed by atoms with Crippen molar-refractivity contribution in [1.82, 2.24) is 0 Å². The second-order valence-corrected chi connectivity index (χ2v) is 10.1. The van der Waals surface area contributed by atoms with Gasteiger partial charge in [-0.3, -0.25) is 14.4 Å². The van der Waals surface area contributed by atoms with Crippen LogP contribution in [-0.4, -0.2) is 95.5 Å². The largest absolute Gasteiger partial charge is 0.507 e. The second kappa shape index (κ2) is 10.4. The number of Topliss-reactive ketones (excluding diaryl/α,β-unsaturated/α-hetero) is 1. The average Bonchev–Trinajstić information content (AvgIpc) is 2.92. The van der Waals surface area contributed by atoms with Crippen LogP contribution in [0.2, 0.25) is 0 Å². The van der Waals surface area contributed by atoms with E-state index in [0.29, 0.717) is 0 Å². The third-order valence-electron chi connectivity index (χ3n) is 7.41. The second-order valence-electron chi connectivity index (χ2n) is 10.1. The molecule has 0 aromatic heterocycles. The Labute approximate surface area is 237 Å². The standard InChI is InChI=1S/C29H26O13/c1-9-6-13(33)21-22(23(35)11-4-3-5-12(32)19(11)26(21)38)17(9)20-14(34)7-15(18(10(2)31)25(20)37)41-29-28(40)27(39)24(36)16(8-30)42-29/h3-7,16,24,27-30,32-34,36-37,39-40H,8H2,1-2H3/t16-,24-,27+,28+,29-/m1/s1. The van der Waals surface area contributed by atoms with Gasteiger partial charge in [-0.25, -0.2) is 0 Å². The van der Waals surface area contributed by atoms with Crippen molar-refractivity contribution in [3.05, 3.63) is 63.7 Å². The third kappa shape index (κ3) is 4.26. The van der Waals surface area contributed by atoms with Gasteiger partial charge in [0.1, 0.15) is 58.7 Å². The fraction of sp³-hybridized carbons (Fsp3) is 0.276. The van der Waals surface area contributed by atoms with E-state index in [1.807, 2.05) is 0 Å². The number of ether oxygens (including phenoxy) is 2. The van der Waals surface area contributed by atoms with E-state index in [1.54, 1.807) is 0 Å². The Kier molecular flexibility index (Phi) is 7.17. The van der Waals surface area contributed by atoms with Gasteiger partial charge in [0.05, 0.1) is 23.3 Å². The highest BCUT2D eigenvalue weighted by Gasteiger charge is 2.45. The summed E-state index contributed by atoms with van der Waals surface area (Å²) >= 11 is 0. The fourth-order valence-corrected chi connectivity index (χ4v) is 5.41. The van der Waals surface area contributed by atoms with Crippen LogP contribution in [0.5, 0.6) is 28.7 Å². The Morgan fingerprint density at radius 1 is 0.833 bits per heavy atom. The smallest absolute Gasteiger partial charge is 0.229 e. The first-order chi connectivity index (χ1) is 19.8. The van der Waals surface area contributed by atoms with Gasteiger partial charge in [-0.1, -0.05) is 12.1 Å². The van der Waals surface area contributed by atoms with Crippen LogP contribution >= 0.6 is 0 Å². The van der Waals surface area contributed by atoms with Crippen LogP contribution in [0.15, 0.2) is 30.3 Å². The Bertz CT molecular complexity index is 1660. The van der Waals surface area contributed by atoms with E-state index < -0.39 is 106 Å². The molecule has 13 heteroatoms. The normalized spacial score (nSPS) is 23.3. The molecule has 0 amide bonds. The quantitative estimate of drug-likeness (QED) is 0.151. The van der Waals surface area contributed by atoms with Gasteiger partial charge in [0.15, 0.2) is 11.6 Å². The maximum atomic E-state index is 13.7. The minimum absolute atomic E-state index is 0.124. The van der Waals surface area contributed by atoms with Gasteiger partial charge >= 0.3 is 0 Å². The van der Waals surface area contributed by atoms with Crippen molar-refractivity contribution < 1.29 is 64.7 Å². The molecule has 2 aliphatic rings.